The van der Waals surface area contributed by atoms with Gasteiger partial charge in [-0.25, -0.2) is 9.98 Å². The molecular formula is C16H15N5O3S. The Kier molecular flexibility index (Phi) is 5.40. The molecule has 128 valence electrons. The molecule has 0 aliphatic rings. The zero-order chi connectivity index (χ0) is 18.6. The number of primary amides is 1. The molecule has 25 heavy (non-hydrogen) atoms. The minimum Gasteiger partial charge on any atom is -0.399 e. The van der Waals surface area contributed by atoms with Gasteiger partial charge in [-0.1, -0.05) is 6.58 Å². The van der Waals surface area contributed by atoms with E-state index in [4.69, 9.17) is 11.5 Å². The maximum absolute atomic E-state index is 12.1. The van der Waals surface area contributed by atoms with Gasteiger partial charge < -0.3 is 16.8 Å². The maximum atomic E-state index is 12.1. The zero-order valence-corrected chi connectivity index (χ0v) is 14.1. The molecule has 1 heterocycles. The lowest BCUT2D eigenvalue weighted by molar-refractivity contribution is -0.115. The normalized spacial score (nSPS) is 11.0. The van der Waals surface area contributed by atoms with Crippen LogP contribution >= 0.6 is 11.3 Å². The highest BCUT2D eigenvalue weighted by Crippen LogP contribution is 2.24. The first kappa shape index (κ1) is 18.0. The summed E-state index contributed by atoms with van der Waals surface area (Å²) in [5.74, 6) is -2.30. The Hall–Kier alpha value is -3.33. The van der Waals surface area contributed by atoms with Crippen LogP contribution in [0.2, 0.25) is 0 Å². The van der Waals surface area contributed by atoms with Crippen LogP contribution in [0.1, 0.15) is 17.4 Å². The largest absolute Gasteiger partial charge is 0.399 e. The third kappa shape index (κ3) is 4.58. The summed E-state index contributed by atoms with van der Waals surface area (Å²) in [6.07, 6.45) is 0. The van der Waals surface area contributed by atoms with Crippen molar-refractivity contribution in [2.45, 2.75) is 6.92 Å². The van der Waals surface area contributed by atoms with Crippen LogP contribution in [-0.4, -0.2) is 28.4 Å². The average molecular weight is 357 g/mol. The Labute approximate surface area is 147 Å². The average Bonchev–Trinajstić information content (AvgIpc) is 3.05. The molecule has 0 atom stereocenters. The highest BCUT2D eigenvalue weighted by molar-refractivity contribution is 7.13. The monoisotopic (exact) mass is 357 g/mol. The third-order valence-electron chi connectivity index (χ3n) is 3.04. The summed E-state index contributed by atoms with van der Waals surface area (Å²) in [5, 5.41) is 4.48. The number of nitrogens with zero attached hydrogens (tertiary/aromatic N) is 2. The van der Waals surface area contributed by atoms with Crippen LogP contribution in [0.3, 0.4) is 0 Å². The second-order valence-electron chi connectivity index (χ2n) is 4.96. The van der Waals surface area contributed by atoms with Gasteiger partial charge >= 0.3 is 0 Å². The van der Waals surface area contributed by atoms with E-state index >= 15 is 0 Å². The molecule has 0 aliphatic heterocycles. The molecule has 0 spiro atoms. The molecule has 3 amide bonds. The molecule has 5 N–H and O–H groups in total. The van der Waals surface area contributed by atoms with E-state index in [9.17, 15) is 14.4 Å². The fraction of sp³-hybridized carbons (Fsp3) is 0.0625. The van der Waals surface area contributed by atoms with Crippen LogP contribution in [-0.2, 0) is 9.59 Å². The highest BCUT2D eigenvalue weighted by atomic mass is 32.1. The topological polar surface area (TPSA) is 141 Å². The minimum absolute atomic E-state index is 0.126. The van der Waals surface area contributed by atoms with Gasteiger partial charge in [0.1, 0.15) is 22.1 Å². The third-order valence-corrected chi connectivity index (χ3v) is 3.93. The van der Waals surface area contributed by atoms with E-state index in [-0.39, 0.29) is 17.1 Å². The van der Waals surface area contributed by atoms with E-state index in [0.29, 0.717) is 10.7 Å². The number of anilines is 1. The van der Waals surface area contributed by atoms with Gasteiger partial charge in [-0.3, -0.25) is 14.4 Å². The summed E-state index contributed by atoms with van der Waals surface area (Å²) in [6.45, 7) is 4.71. The highest BCUT2D eigenvalue weighted by Gasteiger charge is 2.16. The number of hydrogen-bond acceptors (Lipinski definition) is 6. The summed E-state index contributed by atoms with van der Waals surface area (Å²) >= 11 is 1.27. The molecule has 0 aliphatic carbocycles. The number of amides is 3. The van der Waals surface area contributed by atoms with E-state index in [1.165, 1.54) is 18.3 Å². The minimum atomic E-state index is -0.862. The number of carbonyl (C=O) groups is 3. The number of nitrogens with two attached hydrogens (primary N) is 2. The molecule has 9 heteroatoms. The number of nitrogens with one attached hydrogen (secondary N) is 1. The number of rotatable bonds is 5. The number of hydrogen-bond donors (Lipinski definition) is 3. The van der Waals surface area contributed by atoms with Crippen LogP contribution < -0.4 is 16.8 Å². The SMILES string of the molecule is C=C(NC(=O)c1csc(-c2ccc(N)cc2)n1)C(=O)N=C(C)C(N)=O. The molecule has 1 aromatic heterocycles. The van der Waals surface area contributed by atoms with Gasteiger partial charge in [0.25, 0.3) is 17.7 Å². The van der Waals surface area contributed by atoms with Crippen molar-refractivity contribution in [3.63, 3.8) is 0 Å². The second kappa shape index (κ2) is 7.49. The van der Waals surface area contributed by atoms with Gasteiger partial charge in [0.05, 0.1) is 0 Å². The summed E-state index contributed by atoms with van der Waals surface area (Å²) in [6, 6.07) is 7.05. The first-order valence-corrected chi connectivity index (χ1v) is 7.87. The number of aliphatic imine (C=N–C) groups is 1. The van der Waals surface area contributed by atoms with Crippen molar-refractivity contribution in [3.8, 4) is 10.6 Å². The summed E-state index contributed by atoms with van der Waals surface area (Å²) in [7, 11) is 0. The van der Waals surface area contributed by atoms with Gasteiger partial charge in [0, 0.05) is 16.6 Å². The Morgan fingerprint density at radius 2 is 1.88 bits per heavy atom. The van der Waals surface area contributed by atoms with E-state index in [2.05, 4.69) is 21.9 Å². The van der Waals surface area contributed by atoms with Crippen LogP contribution in [0.4, 0.5) is 5.69 Å². The van der Waals surface area contributed by atoms with Crippen molar-refractivity contribution in [2.75, 3.05) is 5.73 Å². The van der Waals surface area contributed by atoms with Gasteiger partial charge in [-0.2, -0.15) is 0 Å². The van der Waals surface area contributed by atoms with Gasteiger partial charge in [0.2, 0.25) is 0 Å². The maximum Gasteiger partial charge on any atom is 0.293 e. The molecule has 2 rings (SSSR count). The Balaban J connectivity index is 2.08. The molecule has 1 aromatic carbocycles. The molecule has 0 bridgehead atoms. The summed E-state index contributed by atoms with van der Waals surface area (Å²) in [4.78, 5) is 42.4. The van der Waals surface area contributed by atoms with Crippen molar-refractivity contribution in [2.24, 2.45) is 10.7 Å². The molecule has 0 saturated carbocycles. The number of aromatic nitrogens is 1. The molecule has 0 fully saturated rings. The van der Waals surface area contributed by atoms with Crippen LogP contribution in [0, 0.1) is 0 Å². The lowest BCUT2D eigenvalue weighted by Crippen LogP contribution is -2.28. The lowest BCUT2D eigenvalue weighted by atomic mass is 10.2. The van der Waals surface area contributed by atoms with E-state index in [1.54, 1.807) is 29.6 Å². The number of carbonyl (C=O) groups excluding carboxylic acids is 3. The lowest BCUT2D eigenvalue weighted by Gasteiger charge is -2.03. The number of thiazole rings is 1. The van der Waals surface area contributed by atoms with Crippen molar-refractivity contribution in [1.82, 2.24) is 10.3 Å². The quantitative estimate of drug-likeness (QED) is 0.417. The predicted octanol–water partition coefficient (Wildman–Crippen LogP) is 1.11. The standard InChI is InChI=1S/C16H15N5O3S/c1-8(13(18)22)19-14(23)9(2)20-15(24)12-7-25-16(21-12)10-3-5-11(17)6-4-10/h3-7H,2,17H2,1H3,(H2,18,22)(H,20,24). The molecule has 0 radical (unpaired) electrons. The fourth-order valence-corrected chi connectivity index (χ4v) is 2.47. The van der Waals surface area contributed by atoms with Gasteiger partial charge in [-0.05, 0) is 31.2 Å². The van der Waals surface area contributed by atoms with Crippen molar-refractivity contribution in [1.29, 1.82) is 0 Å². The Bertz CT molecular complexity index is 883. The summed E-state index contributed by atoms with van der Waals surface area (Å²) in [5.41, 5.74) is 11.7. The molecule has 2 aromatic rings. The van der Waals surface area contributed by atoms with E-state index < -0.39 is 17.7 Å². The molecular weight excluding hydrogens is 342 g/mol. The van der Waals surface area contributed by atoms with Crippen molar-refractivity contribution in [3.05, 3.63) is 47.6 Å². The zero-order valence-electron chi connectivity index (χ0n) is 13.3. The van der Waals surface area contributed by atoms with Crippen molar-refractivity contribution >= 4 is 40.5 Å². The van der Waals surface area contributed by atoms with Crippen LogP contribution in [0.15, 0.2) is 46.9 Å². The van der Waals surface area contributed by atoms with E-state index in [0.717, 1.165) is 5.56 Å². The number of benzene rings is 1. The van der Waals surface area contributed by atoms with Crippen LogP contribution in [0.5, 0.6) is 0 Å². The second-order valence-corrected chi connectivity index (χ2v) is 5.82. The Morgan fingerprint density at radius 1 is 1.24 bits per heavy atom. The smallest absolute Gasteiger partial charge is 0.293 e. The molecule has 0 unspecified atom stereocenters. The van der Waals surface area contributed by atoms with Crippen LogP contribution in [0.25, 0.3) is 10.6 Å². The van der Waals surface area contributed by atoms with E-state index in [1.807, 2.05) is 0 Å². The summed E-state index contributed by atoms with van der Waals surface area (Å²) < 4.78 is 0. The molecule has 8 nitrogen and oxygen atoms in total. The van der Waals surface area contributed by atoms with Gasteiger partial charge in [-0.15, -0.1) is 11.3 Å². The number of nitrogen functional groups attached to an aromatic ring is 1. The first-order valence-electron chi connectivity index (χ1n) is 6.99. The van der Waals surface area contributed by atoms with Crippen molar-refractivity contribution < 1.29 is 14.4 Å². The Morgan fingerprint density at radius 3 is 2.48 bits per heavy atom. The van der Waals surface area contributed by atoms with Gasteiger partial charge in [0.15, 0.2) is 0 Å². The predicted molar refractivity (Wildman–Crippen MR) is 95.9 cm³/mol. The molecule has 0 saturated heterocycles. The first-order chi connectivity index (χ1) is 11.8. The fourth-order valence-electron chi connectivity index (χ4n) is 1.67.